The monoisotopic (exact) mass is 787 g/mol. The van der Waals surface area contributed by atoms with Gasteiger partial charge in [0, 0.05) is 16.3 Å². The summed E-state index contributed by atoms with van der Waals surface area (Å²) in [6.45, 7) is 5.39. The van der Waals surface area contributed by atoms with Crippen molar-refractivity contribution in [2.24, 2.45) is 4.99 Å². The fraction of sp³-hybridized carbons (Fsp3) is 0.182. The highest BCUT2D eigenvalue weighted by Gasteiger charge is 2.34. The molecule has 0 fully saturated rings. The van der Waals surface area contributed by atoms with E-state index in [-0.39, 0.29) is 24.3 Å². The van der Waals surface area contributed by atoms with Crippen LogP contribution in [0.25, 0.3) is 34.3 Å². The lowest BCUT2D eigenvalue weighted by Gasteiger charge is -2.25. The highest BCUT2D eigenvalue weighted by molar-refractivity contribution is 7.07. The van der Waals surface area contributed by atoms with E-state index in [1.807, 2.05) is 85.8 Å². The number of fused-ring (bicyclic) bond motifs is 1. The van der Waals surface area contributed by atoms with Gasteiger partial charge in [-0.05, 0) is 86.0 Å². The lowest BCUT2D eigenvalue weighted by molar-refractivity contribution is -0.143. The van der Waals surface area contributed by atoms with Gasteiger partial charge in [-0.3, -0.25) is 9.36 Å². The topological polar surface area (TPSA) is 110 Å². The average Bonchev–Trinajstić information content (AvgIpc) is 3.74. The van der Waals surface area contributed by atoms with Crippen molar-refractivity contribution in [3.63, 3.8) is 0 Å². The van der Waals surface area contributed by atoms with Crippen molar-refractivity contribution in [2.75, 3.05) is 26.9 Å². The van der Waals surface area contributed by atoms with E-state index in [9.17, 15) is 14.4 Å². The third kappa shape index (κ3) is 7.56. The number of hydrogen-bond donors (Lipinski definition) is 0. The van der Waals surface area contributed by atoms with E-state index in [0.717, 1.165) is 33.8 Å². The SMILES string of the molecule is CCOC(=O)C1=C(C)N=c2s/c(=C/c3cc(-c4ccccc4)n(-c4ccc(Cl)cc4)c3-c3ccccc3)c(=O)n2[C@H]1c1ccc(OCC(=O)OC)c(OCC)c1. The predicted molar refractivity (Wildman–Crippen MR) is 217 cm³/mol. The van der Waals surface area contributed by atoms with Gasteiger partial charge < -0.3 is 23.5 Å². The zero-order valence-electron chi connectivity index (χ0n) is 31.2. The van der Waals surface area contributed by atoms with Crippen molar-refractivity contribution >= 4 is 41.0 Å². The smallest absolute Gasteiger partial charge is 0.343 e. The molecular weight excluding hydrogens is 750 g/mol. The number of hydrogen-bond acceptors (Lipinski definition) is 9. The second kappa shape index (κ2) is 16.7. The van der Waals surface area contributed by atoms with Gasteiger partial charge in [0.2, 0.25) is 0 Å². The fourth-order valence-corrected chi connectivity index (χ4v) is 7.90. The largest absolute Gasteiger partial charge is 0.490 e. The van der Waals surface area contributed by atoms with Crippen LogP contribution in [-0.2, 0) is 19.1 Å². The summed E-state index contributed by atoms with van der Waals surface area (Å²) < 4.78 is 26.0. The van der Waals surface area contributed by atoms with Crippen molar-refractivity contribution in [3.8, 4) is 39.7 Å². The minimum absolute atomic E-state index is 0.133. The Labute approximate surface area is 332 Å². The zero-order valence-corrected chi connectivity index (χ0v) is 32.7. The second-order valence-corrected chi connectivity index (χ2v) is 14.1. The van der Waals surface area contributed by atoms with Crippen molar-refractivity contribution < 1.29 is 28.5 Å². The van der Waals surface area contributed by atoms with Crippen molar-refractivity contribution in [1.82, 2.24) is 9.13 Å². The standard InChI is InChI=1S/C44H38ClN3O7S/c1-5-53-36-24-30(17-22-35(36)55-26-38(49)52-4)41-39(43(51)54-6-2)27(3)46-44-48(41)42(50)37(56-44)25-31-23-34(28-13-9-7-10-14-28)47(33-20-18-32(45)19-21-33)40(31)29-15-11-8-12-16-29/h7-25,41H,5-6,26H2,1-4H3/b37-25+/t41-/m0/s1. The van der Waals surface area contributed by atoms with E-state index in [1.165, 1.54) is 23.0 Å². The molecule has 0 spiro atoms. The van der Waals surface area contributed by atoms with Crippen molar-refractivity contribution in [3.05, 3.63) is 156 Å². The summed E-state index contributed by atoms with van der Waals surface area (Å²) >= 11 is 7.58. The minimum atomic E-state index is -0.909. The summed E-state index contributed by atoms with van der Waals surface area (Å²) in [5.41, 5.74) is 6.30. The summed E-state index contributed by atoms with van der Waals surface area (Å²) in [6, 6.07) is 34.0. The molecule has 12 heteroatoms. The van der Waals surface area contributed by atoms with Crippen LogP contribution in [0.15, 0.2) is 130 Å². The van der Waals surface area contributed by atoms with Crippen LogP contribution in [0.2, 0.25) is 5.02 Å². The van der Waals surface area contributed by atoms with Crippen LogP contribution < -0.4 is 24.4 Å². The van der Waals surface area contributed by atoms with Gasteiger partial charge in [0.15, 0.2) is 22.9 Å². The van der Waals surface area contributed by atoms with Crippen LogP contribution in [0.5, 0.6) is 11.5 Å². The summed E-state index contributed by atoms with van der Waals surface area (Å²) in [7, 11) is 1.28. The number of methoxy groups -OCH3 is 1. The Kier molecular flexibility index (Phi) is 11.4. The molecular formula is C44H38ClN3O7S. The number of aromatic nitrogens is 2. The molecule has 0 saturated carbocycles. The van der Waals surface area contributed by atoms with E-state index < -0.39 is 18.0 Å². The minimum Gasteiger partial charge on any atom is -0.490 e. The molecule has 0 unspecified atom stereocenters. The molecule has 4 aromatic carbocycles. The van der Waals surface area contributed by atoms with Gasteiger partial charge >= 0.3 is 11.9 Å². The maximum absolute atomic E-state index is 14.8. The first-order chi connectivity index (χ1) is 27.2. The van der Waals surface area contributed by atoms with Crippen LogP contribution in [0.4, 0.5) is 0 Å². The molecule has 6 aromatic rings. The molecule has 7 rings (SSSR count). The number of carbonyl (C=O) groups excluding carboxylic acids is 2. The highest BCUT2D eigenvalue weighted by Crippen LogP contribution is 2.38. The quantitative estimate of drug-likeness (QED) is 0.118. The molecule has 0 radical (unpaired) electrons. The molecule has 2 aromatic heterocycles. The third-order valence-electron chi connectivity index (χ3n) is 9.19. The second-order valence-electron chi connectivity index (χ2n) is 12.7. The van der Waals surface area contributed by atoms with E-state index >= 15 is 0 Å². The summed E-state index contributed by atoms with van der Waals surface area (Å²) in [4.78, 5) is 45.5. The number of carbonyl (C=O) groups is 2. The Morgan fingerprint density at radius 2 is 1.55 bits per heavy atom. The molecule has 1 aliphatic heterocycles. The van der Waals surface area contributed by atoms with Crippen LogP contribution in [0, 0.1) is 0 Å². The van der Waals surface area contributed by atoms with Crippen LogP contribution >= 0.6 is 22.9 Å². The van der Waals surface area contributed by atoms with Gasteiger partial charge in [-0.15, -0.1) is 0 Å². The molecule has 0 N–H and O–H groups in total. The molecule has 0 amide bonds. The van der Waals surface area contributed by atoms with Gasteiger partial charge in [0.25, 0.3) is 5.56 Å². The van der Waals surface area contributed by atoms with Crippen LogP contribution in [0.1, 0.15) is 37.9 Å². The molecule has 284 valence electrons. The molecule has 3 heterocycles. The summed E-state index contributed by atoms with van der Waals surface area (Å²) in [5.74, 6) is -0.504. The number of thiazole rings is 1. The number of rotatable bonds is 12. The first kappa shape index (κ1) is 38.1. The Hall–Kier alpha value is -6.17. The van der Waals surface area contributed by atoms with Gasteiger partial charge in [0.05, 0.1) is 53.6 Å². The van der Waals surface area contributed by atoms with Gasteiger partial charge in [-0.2, -0.15) is 0 Å². The number of allylic oxidation sites excluding steroid dienone is 1. The number of esters is 2. The van der Waals surface area contributed by atoms with E-state index in [1.54, 1.807) is 32.0 Å². The normalized spacial score (nSPS) is 13.9. The van der Waals surface area contributed by atoms with Crippen molar-refractivity contribution in [2.45, 2.75) is 26.8 Å². The van der Waals surface area contributed by atoms with E-state index in [2.05, 4.69) is 22.8 Å². The zero-order chi connectivity index (χ0) is 39.3. The number of nitrogens with zero attached hydrogens (tertiary/aromatic N) is 3. The molecule has 1 atom stereocenters. The lowest BCUT2D eigenvalue weighted by atomic mass is 9.95. The molecule has 56 heavy (non-hydrogen) atoms. The van der Waals surface area contributed by atoms with Gasteiger partial charge in [-0.1, -0.05) is 89.7 Å². The Bertz CT molecular complexity index is 2630. The number of benzene rings is 4. The predicted octanol–water partition coefficient (Wildman–Crippen LogP) is 7.53. The molecule has 0 bridgehead atoms. The number of ether oxygens (including phenoxy) is 4. The van der Waals surface area contributed by atoms with Gasteiger partial charge in [-0.25, -0.2) is 14.6 Å². The van der Waals surface area contributed by atoms with E-state index in [4.69, 9.17) is 35.5 Å². The Morgan fingerprint density at radius 3 is 2.21 bits per heavy atom. The molecule has 0 saturated heterocycles. The Balaban J connectivity index is 1.46. The van der Waals surface area contributed by atoms with E-state index in [0.29, 0.717) is 43.7 Å². The maximum atomic E-state index is 14.8. The average molecular weight is 788 g/mol. The van der Waals surface area contributed by atoms with Crippen LogP contribution in [-0.4, -0.2) is 48.0 Å². The fourth-order valence-electron chi connectivity index (χ4n) is 6.74. The highest BCUT2D eigenvalue weighted by atomic mass is 35.5. The first-order valence-corrected chi connectivity index (χ1v) is 19.2. The molecule has 0 aliphatic carbocycles. The Morgan fingerprint density at radius 1 is 0.857 bits per heavy atom. The summed E-state index contributed by atoms with van der Waals surface area (Å²) in [5, 5.41) is 0.619. The number of halogens is 1. The van der Waals surface area contributed by atoms with Gasteiger partial charge in [0.1, 0.15) is 0 Å². The third-order valence-corrected chi connectivity index (χ3v) is 10.4. The maximum Gasteiger partial charge on any atom is 0.343 e. The first-order valence-electron chi connectivity index (χ1n) is 18.0. The lowest BCUT2D eigenvalue weighted by Crippen LogP contribution is -2.40. The van der Waals surface area contributed by atoms with Crippen LogP contribution in [0.3, 0.4) is 0 Å². The molecule has 10 nitrogen and oxygen atoms in total. The van der Waals surface area contributed by atoms with Crippen molar-refractivity contribution in [1.29, 1.82) is 0 Å². The summed E-state index contributed by atoms with van der Waals surface area (Å²) in [6.07, 6.45) is 1.89. The molecule has 1 aliphatic rings.